The summed E-state index contributed by atoms with van der Waals surface area (Å²) in [5, 5.41) is 12.4. The lowest BCUT2D eigenvalue weighted by molar-refractivity contribution is -0.189. The molecule has 0 unspecified atom stereocenters. The van der Waals surface area contributed by atoms with Crippen molar-refractivity contribution in [2.24, 2.45) is 5.92 Å². The van der Waals surface area contributed by atoms with Gasteiger partial charge in [0.1, 0.15) is 26.8 Å². The molecule has 1 aliphatic heterocycles. The van der Waals surface area contributed by atoms with Crippen LogP contribution in [0.25, 0.3) is 32.2 Å². The summed E-state index contributed by atoms with van der Waals surface area (Å²) in [5.41, 5.74) is 1.43. The van der Waals surface area contributed by atoms with E-state index in [0.29, 0.717) is 45.9 Å². The average molecular weight is 530 g/mol. The van der Waals surface area contributed by atoms with Crippen LogP contribution < -0.4 is 15.0 Å². The van der Waals surface area contributed by atoms with Gasteiger partial charge in [-0.2, -0.15) is 13.2 Å². The minimum Gasteiger partial charge on any atom is -0.419 e. The summed E-state index contributed by atoms with van der Waals surface area (Å²) < 4.78 is 43.9. The molecule has 0 spiro atoms. The first-order chi connectivity index (χ1) is 17.7. The summed E-state index contributed by atoms with van der Waals surface area (Å²) in [6.07, 6.45) is -2.13. The molecule has 5 rings (SSSR count). The highest BCUT2D eigenvalue weighted by molar-refractivity contribution is 7.21. The SMILES string of the molecule is CC(C)[C@H]1CN(c2ncc(-c3ccc(-c4nc5cccnc5s4)cc3OC(=O)C(F)(F)F)nn2)CCN1. The van der Waals surface area contributed by atoms with Gasteiger partial charge in [-0.1, -0.05) is 31.3 Å². The number of thiazole rings is 1. The van der Waals surface area contributed by atoms with Crippen LogP contribution in [0.2, 0.25) is 0 Å². The maximum Gasteiger partial charge on any atom is 0.491 e. The van der Waals surface area contributed by atoms with Gasteiger partial charge in [0.15, 0.2) is 0 Å². The van der Waals surface area contributed by atoms with Crippen molar-refractivity contribution in [1.82, 2.24) is 30.5 Å². The Morgan fingerprint density at radius 3 is 2.76 bits per heavy atom. The predicted octanol–water partition coefficient (Wildman–Crippen LogP) is 4.11. The van der Waals surface area contributed by atoms with Crippen LogP contribution in [-0.2, 0) is 4.79 Å². The maximum atomic E-state index is 13.0. The molecule has 4 heterocycles. The predicted molar refractivity (Wildman–Crippen MR) is 132 cm³/mol. The standard InChI is InChI=1S/C24H22F3N7O2S/c1-13(2)18-12-34(9-8-28-18)23-30-11-17(32-33-23)15-6-5-14(10-19(15)36-22(35)24(25,26)27)20-31-16-4-3-7-29-21(16)37-20/h3-7,10-11,13,18,28H,8-9,12H2,1-2H3/t18-/m1/s1. The molecule has 1 fully saturated rings. The van der Waals surface area contributed by atoms with Gasteiger partial charge in [-0.15, -0.1) is 10.2 Å². The first-order valence-corrected chi connectivity index (χ1v) is 12.3. The van der Waals surface area contributed by atoms with Crippen molar-refractivity contribution < 1.29 is 22.7 Å². The van der Waals surface area contributed by atoms with Crippen LogP contribution in [0.15, 0.2) is 42.7 Å². The summed E-state index contributed by atoms with van der Waals surface area (Å²) in [6, 6.07) is 8.30. The second-order valence-corrected chi connectivity index (χ2v) is 9.82. The third-order valence-corrected chi connectivity index (χ3v) is 6.98. The number of anilines is 1. The number of hydrogen-bond donors (Lipinski definition) is 1. The fourth-order valence-corrected chi connectivity index (χ4v) is 4.85. The Morgan fingerprint density at radius 1 is 1.22 bits per heavy atom. The van der Waals surface area contributed by atoms with E-state index in [-0.39, 0.29) is 23.0 Å². The fraction of sp³-hybridized carbons (Fsp3) is 0.333. The first-order valence-electron chi connectivity index (χ1n) is 11.5. The monoisotopic (exact) mass is 529 g/mol. The Labute approximate surface area is 213 Å². The van der Waals surface area contributed by atoms with Gasteiger partial charge in [0.25, 0.3) is 0 Å². The van der Waals surface area contributed by atoms with Crippen LogP contribution >= 0.6 is 11.3 Å². The highest BCUT2D eigenvalue weighted by Crippen LogP contribution is 2.37. The van der Waals surface area contributed by atoms with Crippen molar-refractivity contribution in [2.45, 2.75) is 26.1 Å². The molecule has 192 valence electrons. The number of rotatable bonds is 5. The molecule has 1 atom stereocenters. The zero-order valence-electron chi connectivity index (χ0n) is 19.9. The Balaban J connectivity index is 1.48. The van der Waals surface area contributed by atoms with Crippen LogP contribution in [0, 0.1) is 5.92 Å². The minimum absolute atomic E-state index is 0.146. The number of carbonyl (C=O) groups is 1. The lowest BCUT2D eigenvalue weighted by Crippen LogP contribution is -2.53. The Hall–Kier alpha value is -3.71. The number of esters is 1. The van der Waals surface area contributed by atoms with E-state index in [2.05, 4.69) is 44.3 Å². The number of benzene rings is 1. The molecule has 0 radical (unpaired) electrons. The summed E-state index contributed by atoms with van der Waals surface area (Å²) in [6.45, 7) is 6.43. The van der Waals surface area contributed by atoms with Crippen molar-refractivity contribution in [3.63, 3.8) is 0 Å². The molecule has 37 heavy (non-hydrogen) atoms. The molecule has 1 saturated heterocycles. The Bertz CT molecular complexity index is 1390. The number of carbonyl (C=O) groups excluding carboxylic acids is 1. The third-order valence-electron chi connectivity index (χ3n) is 5.95. The van der Waals surface area contributed by atoms with Crippen LogP contribution in [0.3, 0.4) is 0 Å². The summed E-state index contributed by atoms with van der Waals surface area (Å²) in [7, 11) is 0. The van der Waals surface area contributed by atoms with E-state index in [1.165, 1.54) is 29.7 Å². The van der Waals surface area contributed by atoms with E-state index in [0.717, 1.165) is 6.54 Å². The van der Waals surface area contributed by atoms with Gasteiger partial charge >= 0.3 is 12.1 Å². The van der Waals surface area contributed by atoms with Crippen LogP contribution in [0.4, 0.5) is 19.1 Å². The minimum atomic E-state index is -5.17. The normalized spacial score (nSPS) is 16.4. The van der Waals surface area contributed by atoms with Gasteiger partial charge in [0, 0.05) is 43.0 Å². The molecule has 3 aromatic heterocycles. The number of hydrogen-bond acceptors (Lipinski definition) is 10. The van der Waals surface area contributed by atoms with Crippen LogP contribution in [-0.4, -0.2) is 63.0 Å². The average Bonchev–Trinajstić information content (AvgIpc) is 3.33. The van der Waals surface area contributed by atoms with E-state index < -0.39 is 12.1 Å². The smallest absolute Gasteiger partial charge is 0.419 e. The summed E-state index contributed by atoms with van der Waals surface area (Å²) >= 11 is 1.27. The molecular weight excluding hydrogens is 507 g/mol. The van der Waals surface area contributed by atoms with Gasteiger partial charge in [-0.25, -0.2) is 19.7 Å². The van der Waals surface area contributed by atoms with Crippen molar-refractivity contribution in [3.8, 4) is 27.6 Å². The van der Waals surface area contributed by atoms with E-state index in [1.807, 2.05) is 4.90 Å². The van der Waals surface area contributed by atoms with Gasteiger partial charge in [0.2, 0.25) is 5.95 Å². The highest BCUT2D eigenvalue weighted by atomic mass is 32.1. The van der Waals surface area contributed by atoms with E-state index >= 15 is 0 Å². The summed E-state index contributed by atoms with van der Waals surface area (Å²) in [4.78, 5) is 27.5. The lowest BCUT2D eigenvalue weighted by Gasteiger charge is -2.35. The molecule has 4 aromatic rings. The van der Waals surface area contributed by atoms with Crippen molar-refractivity contribution in [1.29, 1.82) is 0 Å². The Kier molecular flexibility index (Phi) is 6.73. The topological polar surface area (TPSA) is 106 Å². The molecule has 0 bridgehead atoms. The summed E-state index contributed by atoms with van der Waals surface area (Å²) in [5.74, 6) is -1.82. The van der Waals surface area contributed by atoms with Gasteiger partial charge in [-0.3, -0.25) is 0 Å². The van der Waals surface area contributed by atoms with Crippen LogP contribution in [0.1, 0.15) is 13.8 Å². The number of nitrogens with zero attached hydrogens (tertiary/aromatic N) is 6. The number of pyridine rings is 1. The number of fused-ring (bicyclic) bond motifs is 1. The molecule has 0 saturated carbocycles. The molecule has 0 aliphatic carbocycles. The second kappa shape index (κ2) is 9.98. The van der Waals surface area contributed by atoms with Gasteiger partial charge in [-0.05, 0) is 30.2 Å². The van der Waals surface area contributed by atoms with Crippen molar-refractivity contribution in [2.75, 3.05) is 24.5 Å². The maximum absolute atomic E-state index is 13.0. The van der Waals surface area contributed by atoms with E-state index in [9.17, 15) is 18.0 Å². The quantitative estimate of drug-likeness (QED) is 0.302. The fourth-order valence-electron chi connectivity index (χ4n) is 3.95. The Morgan fingerprint density at radius 2 is 2.05 bits per heavy atom. The largest absolute Gasteiger partial charge is 0.491 e. The molecule has 9 nitrogen and oxygen atoms in total. The number of nitrogens with one attached hydrogen (secondary N) is 1. The zero-order valence-corrected chi connectivity index (χ0v) is 20.7. The molecule has 1 aliphatic rings. The third kappa shape index (κ3) is 5.37. The first kappa shape index (κ1) is 25.0. The molecule has 0 amide bonds. The van der Waals surface area contributed by atoms with Gasteiger partial charge in [0.05, 0.1) is 6.20 Å². The molecule has 1 N–H and O–H groups in total. The van der Waals surface area contributed by atoms with E-state index in [4.69, 9.17) is 4.74 Å². The second-order valence-electron chi connectivity index (χ2n) is 8.84. The number of aromatic nitrogens is 5. The molecule has 1 aromatic carbocycles. The number of alkyl halides is 3. The lowest BCUT2D eigenvalue weighted by atomic mass is 10.0. The molecule has 13 heteroatoms. The zero-order chi connectivity index (χ0) is 26.2. The number of piperazine rings is 1. The van der Waals surface area contributed by atoms with Gasteiger partial charge < -0.3 is 15.0 Å². The van der Waals surface area contributed by atoms with E-state index in [1.54, 1.807) is 24.4 Å². The van der Waals surface area contributed by atoms with Crippen molar-refractivity contribution >= 4 is 33.6 Å². The number of ether oxygens (including phenoxy) is 1. The highest BCUT2D eigenvalue weighted by Gasteiger charge is 2.42. The van der Waals surface area contributed by atoms with Crippen molar-refractivity contribution in [3.05, 3.63) is 42.7 Å². The molecular formula is C24H22F3N7O2S. The van der Waals surface area contributed by atoms with Crippen LogP contribution in [0.5, 0.6) is 5.75 Å². The number of halogens is 3.